The van der Waals surface area contributed by atoms with E-state index in [4.69, 9.17) is 4.74 Å². The molecule has 0 unspecified atom stereocenters. The van der Waals surface area contributed by atoms with Gasteiger partial charge in [0.15, 0.2) is 11.4 Å². The van der Waals surface area contributed by atoms with E-state index in [1.54, 1.807) is 7.11 Å². The van der Waals surface area contributed by atoms with Crippen molar-refractivity contribution in [1.82, 2.24) is 4.98 Å². The number of hydrogen-bond donors (Lipinski definition) is 0. The summed E-state index contributed by atoms with van der Waals surface area (Å²) in [5.41, 5.74) is 2.05. The van der Waals surface area contributed by atoms with E-state index in [1.807, 2.05) is 31.3 Å². The lowest BCUT2D eigenvalue weighted by atomic mass is 10.1. The molecule has 0 amide bonds. The molecule has 2 rings (SSSR count). The van der Waals surface area contributed by atoms with Crippen LogP contribution in [-0.4, -0.2) is 25.4 Å². The van der Waals surface area contributed by atoms with Gasteiger partial charge in [0.2, 0.25) is 0 Å². The van der Waals surface area contributed by atoms with E-state index in [-0.39, 0.29) is 5.92 Å². The predicted molar refractivity (Wildman–Crippen MR) is 86.7 cm³/mol. The molecule has 21 heavy (non-hydrogen) atoms. The Labute approximate surface area is 129 Å². The number of nitrogens with zero attached hydrogens (tertiary/aromatic N) is 2. The van der Waals surface area contributed by atoms with Crippen LogP contribution in [0.15, 0.2) is 24.3 Å². The third-order valence-corrected chi connectivity index (χ3v) is 4.34. The van der Waals surface area contributed by atoms with Gasteiger partial charge in [-0.15, -0.1) is 0 Å². The van der Waals surface area contributed by atoms with Gasteiger partial charge in [-0.25, -0.2) is 4.98 Å². The monoisotopic (exact) mass is 304 g/mol. The summed E-state index contributed by atoms with van der Waals surface area (Å²) in [6.45, 7) is 4.85. The number of rotatable bonds is 6. The highest BCUT2D eigenvalue weighted by Crippen LogP contribution is 2.29. The van der Waals surface area contributed by atoms with Crippen LogP contribution >= 0.6 is 11.3 Å². The minimum Gasteiger partial charge on any atom is -0.497 e. The molecular weight excluding hydrogens is 284 g/mol. The van der Waals surface area contributed by atoms with Crippen molar-refractivity contribution in [3.63, 3.8) is 0 Å². The predicted octanol–water partition coefficient (Wildman–Crippen LogP) is 3.72. The van der Waals surface area contributed by atoms with Gasteiger partial charge in [-0.3, -0.25) is 4.79 Å². The second-order valence-corrected chi connectivity index (χ2v) is 6.23. The van der Waals surface area contributed by atoms with Gasteiger partial charge in [-0.2, -0.15) is 0 Å². The molecule has 0 saturated carbocycles. The minimum absolute atomic E-state index is 0.254. The normalized spacial score (nSPS) is 10.7. The summed E-state index contributed by atoms with van der Waals surface area (Å²) in [6, 6.07) is 7.96. The van der Waals surface area contributed by atoms with Crippen LogP contribution < -0.4 is 9.64 Å². The Morgan fingerprint density at radius 2 is 2.00 bits per heavy atom. The maximum absolute atomic E-state index is 11.1. The minimum atomic E-state index is 0.254. The molecule has 4 nitrogen and oxygen atoms in total. The SMILES string of the molecule is COc1ccc(CN(C)c2nc(C(C)C)c(C=O)s2)cc1. The zero-order chi connectivity index (χ0) is 15.4. The van der Waals surface area contributed by atoms with Crippen molar-refractivity contribution >= 4 is 22.8 Å². The molecule has 1 aromatic carbocycles. The quantitative estimate of drug-likeness (QED) is 0.763. The molecule has 0 atom stereocenters. The largest absolute Gasteiger partial charge is 0.497 e. The maximum atomic E-state index is 11.1. The number of methoxy groups -OCH3 is 1. The van der Waals surface area contributed by atoms with E-state index in [2.05, 4.69) is 23.7 Å². The standard InChI is InChI=1S/C16H20N2O2S/c1-11(2)15-14(10-19)21-16(17-15)18(3)9-12-5-7-13(20-4)8-6-12/h5-8,10-11H,9H2,1-4H3. The molecule has 1 heterocycles. The van der Waals surface area contributed by atoms with E-state index in [0.717, 1.165) is 34.3 Å². The number of ether oxygens (including phenoxy) is 1. The highest BCUT2D eigenvalue weighted by molar-refractivity contribution is 7.17. The Morgan fingerprint density at radius 3 is 2.48 bits per heavy atom. The van der Waals surface area contributed by atoms with Gasteiger partial charge in [0.05, 0.1) is 17.7 Å². The number of carbonyl (C=O) groups excluding carboxylic acids is 1. The Hall–Kier alpha value is -1.88. The molecule has 112 valence electrons. The molecule has 0 aliphatic heterocycles. The van der Waals surface area contributed by atoms with Crippen molar-refractivity contribution in [2.45, 2.75) is 26.3 Å². The number of thiazole rings is 1. The summed E-state index contributed by atoms with van der Waals surface area (Å²) in [5, 5.41) is 0.872. The zero-order valence-corrected chi connectivity index (χ0v) is 13.6. The molecule has 0 bridgehead atoms. The molecule has 0 saturated heterocycles. The van der Waals surface area contributed by atoms with Crippen LogP contribution in [0.2, 0.25) is 0 Å². The fraction of sp³-hybridized carbons (Fsp3) is 0.375. The number of aldehydes is 1. The Balaban J connectivity index is 2.15. The Morgan fingerprint density at radius 1 is 1.33 bits per heavy atom. The van der Waals surface area contributed by atoms with E-state index < -0.39 is 0 Å². The average Bonchev–Trinajstić information content (AvgIpc) is 2.92. The number of benzene rings is 1. The van der Waals surface area contributed by atoms with Crippen molar-refractivity contribution in [3.05, 3.63) is 40.4 Å². The number of carbonyl (C=O) groups is 1. The lowest BCUT2D eigenvalue weighted by molar-refractivity contribution is 0.112. The van der Waals surface area contributed by atoms with Crippen molar-refractivity contribution < 1.29 is 9.53 Å². The van der Waals surface area contributed by atoms with Crippen molar-refractivity contribution in [3.8, 4) is 5.75 Å². The van der Waals surface area contributed by atoms with Crippen LogP contribution in [-0.2, 0) is 6.54 Å². The lowest BCUT2D eigenvalue weighted by Crippen LogP contribution is -2.16. The topological polar surface area (TPSA) is 42.4 Å². The number of anilines is 1. The lowest BCUT2D eigenvalue weighted by Gasteiger charge is -2.16. The molecule has 1 aromatic heterocycles. The smallest absolute Gasteiger partial charge is 0.186 e. The molecule has 0 radical (unpaired) electrons. The number of hydrogen-bond acceptors (Lipinski definition) is 5. The molecular formula is C16H20N2O2S. The van der Waals surface area contributed by atoms with Crippen LogP contribution in [0.3, 0.4) is 0 Å². The summed E-state index contributed by atoms with van der Waals surface area (Å²) >= 11 is 1.44. The molecule has 0 spiro atoms. The van der Waals surface area contributed by atoms with E-state index >= 15 is 0 Å². The second-order valence-electron chi connectivity index (χ2n) is 5.22. The van der Waals surface area contributed by atoms with E-state index in [1.165, 1.54) is 16.9 Å². The summed E-state index contributed by atoms with van der Waals surface area (Å²) in [7, 11) is 3.65. The molecule has 0 aliphatic rings. The fourth-order valence-corrected chi connectivity index (χ4v) is 3.06. The fourth-order valence-electron chi connectivity index (χ4n) is 2.07. The first-order chi connectivity index (χ1) is 10.0. The molecule has 5 heteroatoms. The first-order valence-corrected chi connectivity index (χ1v) is 7.66. The second kappa shape index (κ2) is 6.72. The van der Waals surface area contributed by atoms with Gasteiger partial charge in [-0.1, -0.05) is 37.3 Å². The van der Waals surface area contributed by atoms with Gasteiger partial charge in [0.1, 0.15) is 5.75 Å². The van der Waals surface area contributed by atoms with Gasteiger partial charge >= 0.3 is 0 Å². The first-order valence-electron chi connectivity index (χ1n) is 6.85. The van der Waals surface area contributed by atoms with Gasteiger partial charge in [-0.05, 0) is 23.6 Å². The van der Waals surface area contributed by atoms with E-state index in [0.29, 0.717) is 0 Å². The molecule has 2 aromatic rings. The third-order valence-electron chi connectivity index (χ3n) is 3.23. The van der Waals surface area contributed by atoms with Gasteiger partial charge in [0, 0.05) is 13.6 Å². The summed E-state index contributed by atoms with van der Waals surface area (Å²) in [4.78, 5) is 18.5. The van der Waals surface area contributed by atoms with Crippen molar-refractivity contribution in [2.75, 3.05) is 19.1 Å². The molecule has 0 aliphatic carbocycles. The van der Waals surface area contributed by atoms with Crippen molar-refractivity contribution in [1.29, 1.82) is 0 Å². The Kier molecular flexibility index (Phi) is 4.96. The van der Waals surface area contributed by atoms with Gasteiger partial charge in [0.25, 0.3) is 0 Å². The van der Waals surface area contributed by atoms with Crippen LogP contribution in [0.4, 0.5) is 5.13 Å². The van der Waals surface area contributed by atoms with Crippen LogP contribution in [0.5, 0.6) is 5.75 Å². The highest BCUT2D eigenvalue weighted by atomic mass is 32.1. The van der Waals surface area contributed by atoms with E-state index in [9.17, 15) is 4.79 Å². The third kappa shape index (κ3) is 3.61. The molecule has 0 fully saturated rings. The van der Waals surface area contributed by atoms with Gasteiger partial charge < -0.3 is 9.64 Å². The Bertz CT molecular complexity index is 605. The van der Waals surface area contributed by atoms with Crippen molar-refractivity contribution in [2.24, 2.45) is 0 Å². The maximum Gasteiger partial charge on any atom is 0.186 e. The zero-order valence-electron chi connectivity index (χ0n) is 12.8. The summed E-state index contributed by atoms with van der Waals surface area (Å²) < 4.78 is 5.16. The summed E-state index contributed by atoms with van der Waals surface area (Å²) in [6.07, 6.45) is 0.901. The van der Waals surface area contributed by atoms with Crippen LogP contribution in [0.25, 0.3) is 0 Å². The molecule has 0 N–H and O–H groups in total. The highest BCUT2D eigenvalue weighted by Gasteiger charge is 2.16. The average molecular weight is 304 g/mol. The van der Waals surface area contributed by atoms with Crippen LogP contribution in [0, 0.1) is 0 Å². The van der Waals surface area contributed by atoms with Crippen LogP contribution in [0.1, 0.15) is 40.7 Å². The summed E-state index contributed by atoms with van der Waals surface area (Å²) in [5.74, 6) is 1.10. The number of aromatic nitrogens is 1. The first kappa shape index (κ1) is 15.5.